The lowest BCUT2D eigenvalue weighted by atomic mass is 9.88. The van der Waals surface area contributed by atoms with Crippen LogP contribution in [0.15, 0.2) is 60.7 Å². The normalized spacial score (nSPS) is 11.5. The number of nitrogens with one attached hydrogen (secondary N) is 1. The summed E-state index contributed by atoms with van der Waals surface area (Å²) in [5.74, 6) is 0. The lowest BCUT2D eigenvalue weighted by Crippen LogP contribution is -2.43. The van der Waals surface area contributed by atoms with Crippen LogP contribution >= 0.6 is 0 Å². The van der Waals surface area contributed by atoms with Crippen molar-refractivity contribution in [2.45, 2.75) is 18.4 Å². The van der Waals surface area contributed by atoms with Gasteiger partial charge in [-0.3, -0.25) is 0 Å². The van der Waals surface area contributed by atoms with Gasteiger partial charge >= 0.3 is 0 Å². The van der Waals surface area contributed by atoms with Crippen LogP contribution in [0, 0.1) is 0 Å². The van der Waals surface area contributed by atoms with Crippen LogP contribution in [0.5, 0.6) is 0 Å². The van der Waals surface area contributed by atoms with Gasteiger partial charge in [0.1, 0.15) is 0 Å². The Morgan fingerprint density at radius 1 is 0.842 bits per heavy atom. The molecule has 0 amide bonds. The first kappa shape index (κ1) is 13.8. The summed E-state index contributed by atoms with van der Waals surface area (Å²) in [6.45, 7) is 0.580. The van der Waals surface area contributed by atoms with Crippen LogP contribution in [0.1, 0.15) is 11.1 Å². The van der Waals surface area contributed by atoms with Crippen molar-refractivity contribution in [2.24, 2.45) is 0 Å². The fourth-order valence-electron chi connectivity index (χ4n) is 2.47. The van der Waals surface area contributed by atoms with Crippen molar-refractivity contribution in [2.75, 3.05) is 13.6 Å². The van der Waals surface area contributed by atoms with E-state index in [1.54, 1.807) is 0 Å². The largest absolute Gasteiger partial charge is 0.388 e. The fourth-order valence-corrected chi connectivity index (χ4v) is 2.47. The highest BCUT2D eigenvalue weighted by molar-refractivity contribution is 5.21. The average Bonchev–Trinajstić information content (AvgIpc) is 2.41. The van der Waals surface area contributed by atoms with Gasteiger partial charge < -0.3 is 10.4 Å². The van der Waals surface area contributed by atoms with Gasteiger partial charge in [0.25, 0.3) is 0 Å². The van der Waals surface area contributed by atoms with Gasteiger partial charge in [-0.2, -0.15) is 0 Å². The molecule has 2 aromatic carbocycles. The minimum absolute atomic E-state index is 0.580. The Labute approximate surface area is 115 Å². The van der Waals surface area contributed by atoms with E-state index in [-0.39, 0.29) is 0 Å². The maximum Gasteiger partial charge on any atom is 0.0851 e. The summed E-state index contributed by atoms with van der Waals surface area (Å²) >= 11 is 0. The molecule has 0 aliphatic heterocycles. The monoisotopic (exact) mass is 255 g/mol. The molecule has 0 bridgehead atoms. The van der Waals surface area contributed by atoms with Crippen LogP contribution < -0.4 is 5.32 Å². The first-order chi connectivity index (χ1) is 9.22. The molecule has 0 radical (unpaired) electrons. The number of hydrogen-bond acceptors (Lipinski definition) is 2. The maximum absolute atomic E-state index is 10.9. The van der Waals surface area contributed by atoms with E-state index in [2.05, 4.69) is 29.6 Å². The molecule has 0 aliphatic rings. The lowest BCUT2D eigenvalue weighted by molar-refractivity contribution is 0.0428. The van der Waals surface area contributed by atoms with E-state index in [1.165, 1.54) is 0 Å². The molecule has 0 fully saturated rings. The van der Waals surface area contributed by atoms with Crippen LogP contribution in [0.3, 0.4) is 0 Å². The molecular formula is C17H21NO. The Morgan fingerprint density at radius 3 is 1.63 bits per heavy atom. The van der Waals surface area contributed by atoms with Gasteiger partial charge in [-0.15, -0.1) is 0 Å². The van der Waals surface area contributed by atoms with Crippen molar-refractivity contribution >= 4 is 0 Å². The van der Waals surface area contributed by atoms with Gasteiger partial charge in [-0.05, 0) is 18.2 Å². The molecule has 2 heteroatoms. The third-order valence-electron chi connectivity index (χ3n) is 3.26. The second-order valence-corrected chi connectivity index (χ2v) is 5.08. The second kappa shape index (κ2) is 6.50. The first-order valence-electron chi connectivity index (χ1n) is 6.67. The van der Waals surface area contributed by atoms with Crippen LogP contribution in [-0.4, -0.2) is 24.3 Å². The Balaban J connectivity index is 2.13. The summed E-state index contributed by atoms with van der Waals surface area (Å²) in [7, 11) is 1.88. The molecule has 0 saturated carbocycles. The van der Waals surface area contributed by atoms with Crippen molar-refractivity contribution < 1.29 is 5.11 Å². The van der Waals surface area contributed by atoms with Gasteiger partial charge in [-0.25, -0.2) is 0 Å². The highest BCUT2D eigenvalue weighted by Gasteiger charge is 2.26. The summed E-state index contributed by atoms with van der Waals surface area (Å²) in [4.78, 5) is 0. The summed E-state index contributed by atoms with van der Waals surface area (Å²) in [5, 5.41) is 14.0. The van der Waals surface area contributed by atoms with Crippen LogP contribution in [0.4, 0.5) is 0 Å². The minimum Gasteiger partial charge on any atom is -0.388 e. The average molecular weight is 255 g/mol. The number of likely N-dealkylation sites (N-methyl/N-ethyl adjacent to an activating group) is 1. The molecule has 0 spiro atoms. The highest BCUT2D eigenvalue weighted by atomic mass is 16.3. The van der Waals surface area contributed by atoms with Gasteiger partial charge in [-0.1, -0.05) is 60.7 Å². The third kappa shape index (κ3) is 4.19. The Bertz CT molecular complexity index is 440. The second-order valence-electron chi connectivity index (χ2n) is 5.08. The van der Waals surface area contributed by atoms with Gasteiger partial charge in [0.15, 0.2) is 0 Å². The van der Waals surface area contributed by atoms with Gasteiger partial charge in [0.2, 0.25) is 0 Å². The summed E-state index contributed by atoms with van der Waals surface area (Å²) in [5.41, 5.74) is 1.57. The summed E-state index contributed by atoms with van der Waals surface area (Å²) in [6.07, 6.45) is 1.31. The first-order valence-corrected chi connectivity index (χ1v) is 6.67. The molecule has 100 valence electrons. The third-order valence-corrected chi connectivity index (χ3v) is 3.26. The molecule has 0 unspecified atom stereocenters. The molecule has 0 saturated heterocycles. The van der Waals surface area contributed by atoms with Gasteiger partial charge in [0.05, 0.1) is 5.60 Å². The van der Waals surface area contributed by atoms with E-state index in [9.17, 15) is 5.11 Å². The molecule has 2 N–H and O–H groups in total. The lowest BCUT2D eigenvalue weighted by Gasteiger charge is -2.28. The molecule has 0 heterocycles. The Hall–Kier alpha value is -1.64. The number of rotatable bonds is 6. The van der Waals surface area contributed by atoms with Gasteiger partial charge in [0, 0.05) is 19.4 Å². The Kier molecular flexibility index (Phi) is 4.72. The predicted molar refractivity (Wildman–Crippen MR) is 79.2 cm³/mol. The van der Waals surface area contributed by atoms with Crippen LogP contribution in [0.25, 0.3) is 0 Å². The van der Waals surface area contributed by atoms with Crippen LogP contribution in [-0.2, 0) is 12.8 Å². The molecule has 2 rings (SSSR count). The topological polar surface area (TPSA) is 32.3 Å². The molecular weight excluding hydrogens is 234 g/mol. The molecule has 0 atom stereocenters. The number of hydrogen-bond donors (Lipinski definition) is 2. The number of aliphatic hydroxyl groups is 1. The van der Waals surface area contributed by atoms with E-state index in [1.807, 2.05) is 43.4 Å². The van der Waals surface area contributed by atoms with E-state index < -0.39 is 5.60 Å². The zero-order valence-corrected chi connectivity index (χ0v) is 11.3. The van der Waals surface area contributed by atoms with Crippen LogP contribution in [0.2, 0.25) is 0 Å². The van der Waals surface area contributed by atoms with Crippen molar-refractivity contribution in [3.63, 3.8) is 0 Å². The quantitative estimate of drug-likeness (QED) is 0.831. The van der Waals surface area contributed by atoms with E-state index in [0.29, 0.717) is 19.4 Å². The molecule has 2 aromatic rings. The van der Waals surface area contributed by atoms with Crippen molar-refractivity contribution in [1.29, 1.82) is 0 Å². The predicted octanol–water partition coefficient (Wildman–Crippen LogP) is 2.42. The SMILES string of the molecule is CNCC(O)(Cc1ccccc1)Cc1ccccc1. The maximum atomic E-state index is 10.9. The summed E-state index contributed by atoms with van der Waals surface area (Å²) < 4.78 is 0. The van der Waals surface area contributed by atoms with E-state index in [4.69, 9.17) is 0 Å². The zero-order valence-electron chi connectivity index (χ0n) is 11.3. The molecule has 0 aliphatic carbocycles. The number of benzene rings is 2. The highest BCUT2D eigenvalue weighted by Crippen LogP contribution is 2.18. The minimum atomic E-state index is -0.753. The standard InChI is InChI=1S/C17H21NO/c1-18-14-17(19,12-15-8-4-2-5-9-15)13-16-10-6-3-7-11-16/h2-11,18-19H,12-14H2,1H3. The summed E-state index contributed by atoms with van der Waals surface area (Å²) in [6, 6.07) is 20.3. The Morgan fingerprint density at radius 2 is 1.26 bits per heavy atom. The van der Waals surface area contributed by atoms with E-state index in [0.717, 1.165) is 11.1 Å². The molecule has 0 aromatic heterocycles. The van der Waals surface area contributed by atoms with Crippen molar-refractivity contribution in [1.82, 2.24) is 5.32 Å². The smallest absolute Gasteiger partial charge is 0.0851 e. The molecule has 19 heavy (non-hydrogen) atoms. The molecule has 2 nitrogen and oxygen atoms in total. The van der Waals surface area contributed by atoms with Crippen molar-refractivity contribution in [3.05, 3.63) is 71.8 Å². The van der Waals surface area contributed by atoms with Crippen molar-refractivity contribution in [3.8, 4) is 0 Å². The fraction of sp³-hybridized carbons (Fsp3) is 0.294. The zero-order chi connectivity index (χ0) is 13.6. The van der Waals surface area contributed by atoms with E-state index >= 15 is 0 Å².